The first-order chi connectivity index (χ1) is 8.54. The summed E-state index contributed by atoms with van der Waals surface area (Å²) in [4.78, 5) is 2.61. The van der Waals surface area contributed by atoms with Gasteiger partial charge in [0, 0.05) is 24.7 Å². The fourth-order valence-corrected chi connectivity index (χ4v) is 4.29. The van der Waals surface area contributed by atoms with Crippen LogP contribution in [0, 0.1) is 11.8 Å². The van der Waals surface area contributed by atoms with Gasteiger partial charge in [-0.1, -0.05) is 13.8 Å². The summed E-state index contributed by atoms with van der Waals surface area (Å²) in [6.07, 6.45) is 4.24. The smallest absolute Gasteiger partial charge is 0.0703 e. The molecule has 1 aliphatic carbocycles. The number of rotatable bonds is 3. The first-order valence-corrected chi connectivity index (χ1v) is 7.55. The Hall–Kier alpha value is -0.120. The maximum atomic E-state index is 5.74. The van der Waals surface area contributed by atoms with E-state index in [1.807, 2.05) is 0 Å². The number of nitrogens with one attached hydrogen (secondary N) is 1. The number of likely N-dealkylation sites (N-methyl/N-ethyl adjacent to an activating group) is 2. The summed E-state index contributed by atoms with van der Waals surface area (Å²) in [7, 11) is 4.42. The molecule has 0 bridgehead atoms. The van der Waals surface area contributed by atoms with Gasteiger partial charge in [-0.05, 0) is 52.1 Å². The largest absolute Gasteiger partial charge is 0.377 e. The second kappa shape index (κ2) is 5.89. The Morgan fingerprint density at radius 2 is 1.89 bits per heavy atom. The molecule has 18 heavy (non-hydrogen) atoms. The summed E-state index contributed by atoms with van der Waals surface area (Å²) in [5, 5.41) is 3.55. The summed E-state index contributed by atoms with van der Waals surface area (Å²) in [6.45, 7) is 7.95. The summed E-state index contributed by atoms with van der Waals surface area (Å²) >= 11 is 0. The fraction of sp³-hybridized carbons (Fsp3) is 1.00. The lowest BCUT2D eigenvalue weighted by Gasteiger charge is -2.47. The van der Waals surface area contributed by atoms with Crippen molar-refractivity contribution in [3.05, 3.63) is 0 Å². The minimum Gasteiger partial charge on any atom is -0.377 e. The van der Waals surface area contributed by atoms with Gasteiger partial charge in [-0.25, -0.2) is 0 Å². The van der Waals surface area contributed by atoms with Crippen LogP contribution in [0.25, 0.3) is 0 Å². The van der Waals surface area contributed by atoms with Crippen LogP contribution in [0.4, 0.5) is 0 Å². The highest BCUT2D eigenvalue weighted by Crippen LogP contribution is 2.34. The molecule has 106 valence electrons. The number of hydrogen-bond acceptors (Lipinski definition) is 3. The lowest BCUT2D eigenvalue weighted by Crippen LogP contribution is -2.58. The Morgan fingerprint density at radius 3 is 2.44 bits per heavy atom. The van der Waals surface area contributed by atoms with Crippen LogP contribution in [-0.2, 0) is 4.74 Å². The molecule has 6 unspecified atom stereocenters. The van der Waals surface area contributed by atoms with Crippen molar-refractivity contribution in [3.63, 3.8) is 0 Å². The van der Waals surface area contributed by atoms with Crippen molar-refractivity contribution >= 4 is 0 Å². The van der Waals surface area contributed by atoms with Crippen LogP contribution in [0.3, 0.4) is 0 Å². The zero-order chi connectivity index (χ0) is 13.3. The molecule has 2 aliphatic rings. The number of hydrogen-bond donors (Lipinski definition) is 1. The second-order valence-corrected chi connectivity index (χ2v) is 6.54. The molecule has 2 fully saturated rings. The molecule has 3 heteroatoms. The maximum absolute atomic E-state index is 5.74. The summed E-state index contributed by atoms with van der Waals surface area (Å²) < 4.78 is 5.74. The third-order valence-corrected chi connectivity index (χ3v) is 5.13. The molecule has 1 N–H and O–H groups in total. The molecule has 0 amide bonds. The highest BCUT2D eigenvalue weighted by Gasteiger charge is 2.40. The predicted octanol–water partition coefficient (Wildman–Crippen LogP) is 2.12. The predicted molar refractivity (Wildman–Crippen MR) is 75.8 cm³/mol. The molecule has 2 rings (SSSR count). The molecule has 3 nitrogen and oxygen atoms in total. The van der Waals surface area contributed by atoms with E-state index in [9.17, 15) is 0 Å². The average Bonchev–Trinajstić information content (AvgIpc) is 2.73. The van der Waals surface area contributed by atoms with Crippen LogP contribution in [0.2, 0.25) is 0 Å². The highest BCUT2D eigenvalue weighted by atomic mass is 16.5. The van der Waals surface area contributed by atoms with E-state index in [-0.39, 0.29) is 0 Å². The average molecular weight is 254 g/mol. The van der Waals surface area contributed by atoms with E-state index >= 15 is 0 Å². The first kappa shape index (κ1) is 14.3. The Kier molecular flexibility index (Phi) is 4.68. The molecule has 0 radical (unpaired) electrons. The summed E-state index contributed by atoms with van der Waals surface area (Å²) in [5.74, 6) is 1.61. The molecule has 1 heterocycles. The second-order valence-electron chi connectivity index (χ2n) is 6.54. The lowest BCUT2D eigenvalue weighted by molar-refractivity contribution is 0.0207. The Labute approximate surface area is 112 Å². The van der Waals surface area contributed by atoms with Gasteiger partial charge in [0.1, 0.15) is 0 Å². The van der Waals surface area contributed by atoms with Gasteiger partial charge in [-0.15, -0.1) is 0 Å². The third-order valence-electron chi connectivity index (χ3n) is 5.13. The van der Waals surface area contributed by atoms with E-state index < -0.39 is 0 Å². The minimum atomic E-state index is 0.388. The van der Waals surface area contributed by atoms with Crippen LogP contribution >= 0.6 is 0 Å². The Bertz CT molecular complexity index is 271. The first-order valence-electron chi connectivity index (χ1n) is 7.55. The van der Waals surface area contributed by atoms with E-state index in [0.717, 1.165) is 18.4 Å². The summed E-state index contributed by atoms with van der Waals surface area (Å²) in [5.41, 5.74) is 0. The van der Waals surface area contributed by atoms with Crippen LogP contribution in [0.5, 0.6) is 0 Å². The quantitative estimate of drug-likeness (QED) is 0.835. The van der Waals surface area contributed by atoms with Gasteiger partial charge in [0.05, 0.1) is 6.10 Å². The molecule has 0 aromatic carbocycles. The van der Waals surface area contributed by atoms with Gasteiger partial charge in [0.15, 0.2) is 0 Å². The zero-order valence-electron chi connectivity index (χ0n) is 12.6. The fourth-order valence-electron chi connectivity index (χ4n) is 4.29. The maximum Gasteiger partial charge on any atom is 0.0703 e. The van der Waals surface area contributed by atoms with Crippen molar-refractivity contribution in [2.24, 2.45) is 11.8 Å². The number of ether oxygens (including phenoxy) is 1. The molecule has 0 aromatic heterocycles. The van der Waals surface area contributed by atoms with Gasteiger partial charge in [0.2, 0.25) is 0 Å². The molecular formula is C15H30N2O. The van der Waals surface area contributed by atoms with E-state index in [0.29, 0.717) is 24.2 Å². The Morgan fingerprint density at radius 1 is 1.17 bits per heavy atom. The topological polar surface area (TPSA) is 24.5 Å². The van der Waals surface area contributed by atoms with Crippen molar-refractivity contribution in [3.8, 4) is 0 Å². The molecule has 0 spiro atoms. The van der Waals surface area contributed by atoms with Crippen LogP contribution < -0.4 is 5.32 Å². The van der Waals surface area contributed by atoms with Crippen molar-refractivity contribution in [2.45, 2.75) is 64.3 Å². The van der Waals surface area contributed by atoms with Crippen molar-refractivity contribution < 1.29 is 4.74 Å². The van der Waals surface area contributed by atoms with E-state index in [4.69, 9.17) is 4.74 Å². The number of nitrogens with zero attached hydrogens (tertiary/aromatic N) is 1. The molecular weight excluding hydrogens is 224 g/mol. The van der Waals surface area contributed by atoms with Crippen LogP contribution in [0.1, 0.15) is 40.0 Å². The highest BCUT2D eigenvalue weighted by molar-refractivity contribution is 4.96. The third kappa shape index (κ3) is 2.73. The molecule has 1 saturated heterocycles. The van der Waals surface area contributed by atoms with Gasteiger partial charge in [-0.3, -0.25) is 4.90 Å². The van der Waals surface area contributed by atoms with Gasteiger partial charge < -0.3 is 10.1 Å². The van der Waals surface area contributed by atoms with Crippen LogP contribution in [0.15, 0.2) is 0 Å². The lowest BCUT2D eigenvalue weighted by atomic mass is 9.75. The normalized spacial score (nSPS) is 45.7. The monoisotopic (exact) mass is 254 g/mol. The van der Waals surface area contributed by atoms with Crippen molar-refractivity contribution in [1.82, 2.24) is 10.2 Å². The zero-order valence-corrected chi connectivity index (χ0v) is 12.6. The minimum absolute atomic E-state index is 0.388. The van der Waals surface area contributed by atoms with Gasteiger partial charge >= 0.3 is 0 Å². The summed E-state index contributed by atoms with van der Waals surface area (Å²) in [6, 6.07) is 1.88. The van der Waals surface area contributed by atoms with Crippen LogP contribution in [-0.4, -0.2) is 49.8 Å². The Balaban J connectivity index is 2.08. The molecule has 6 atom stereocenters. The van der Waals surface area contributed by atoms with Crippen molar-refractivity contribution in [1.29, 1.82) is 0 Å². The van der Waals surface area contributed by atoms with E-state index in [2.05, 4.69) is 45.1 Å². The van der Waals surface area contributed by atoms with Crippen molar-refractivity contribution in [2.75, 3.05) is 20.7 Å². The SMILES string of the molecule is CNC1CC(C)CC(C)C1N(C)C1CCOC1C. The standard InChI is InChI=1S/C15H30N2O/c1-10-8-11(2)15(13(9-10)16-4)17(5)14-6-7-18-12(14)3/h10-16H,6-9H2,1-5H3. The van der Waals surface area contributed by atoms with E-state index in [1.54, 1.807) is 0 Å². The molecule has 0 aromatic rings. The molecule has 1 aliphatic heterocycles. The molecule has 1 saturated carbocycles. The van der Waals surface area contributed by atoms with Gasteiger partial charge in [0.25, 0.3) is 0 Å². The van der Waals surface area contributed by atoms with E-state index in [1.165, 1.54) is 19.3 Å². The van der Waals surface area contributed by atoms with Gasteiger partial charge in [-0.2, -0.15) is 0 Å².